The number of hydrogen-bond donors (Lipinski definition) is 1. The first kappa shape index (κ1) is 22.0. The molecular weight excluding hydrogens is 378 g/mol. The average Bonchev–Trinajstić information content (AvgIpc) is 2.73. The fourth-order valence-corrected chi connectivity index (χ4v) is 2.59. The van der Waals surface area contributed by atoms with E-state index in [9.17, 15) is 20.0 Å². The Balaban J connectivity index is 2.13. The third-order valence-corrected chi connectivity index (χ3v) is 3.98. The molecule has 0 atom stereocenters. The van der Waals surface area contributed by atoms with Gasteiger partial charge in [-0.25, -0.2) is 0 Å². The highest BCUT2D eigenvalue weighted by Gasteiger charge is 2.17. The second kappa shape index (κ2) is 11.5. The van der Waals surface area contributed by atoms with E-state index in [-0.39, 0.29) is 17.2 Å². The summed E-state index contributed by atoms with van der Waals surface area (Å²) in [4.78, 5) is 31.3. The summed E-state index contributed by atoms with van der Waals surface area (Å²) in [5.41, 5.74) is 1.67. The van der Waals surface area contributed by atoms with Crippen molar-refractivity contribution < 1.29 is 24.4 Å². The van der Waals surface area contributed by atoms with Gasteiger partial charge in [-0.15, -0.1) is 0 Å². The Hall–Kier alpha value is -3.33. The van der Waals surface area contributed by atoms with E-state index in [0.29, 0.717) is 49.3 Å². The first-order chi connectivity index (χ1) is 14.1. The van der Waals surface area contributed by atoms with Crippen molar-refractivity contribution in [2.75, 3.05) is 13.2 Å². The van der Waals surface area contributed by atoms with Gasteiger partial charge in [-0.1, -0.05) is 5.16 Å². The molecule has 2 aromatic rings. The van der Waals surface area contributed by atoms with Crippen LogP contribution in [0.3, 0.4) is 0 Å². The Morgan fingerprint density at radius 3 is 2.76 bits per heavy atom. The van der Waals surface area contributed by atoms with Crippen molar-refractivity contribution in [3.05, 3.63) is 69.5 Å². The zero-order valence-electron chi connectivity index (χ0n) is 16.1. The molecule has 1 aromatic heterocycles. The maximum absolute atomic E-state index is 11.3. The van der Waals surface area contributed by atoms with Gasteiger partial charge in [-0.05, 0) is 44.0 Å². The van der Waals surface area contributed by atoms with Crippen molar-refractivity contribution in [2.45, 2.75) is 32.8 Å². The minimum absolute atomic E-state index is 0.165. The highest BCUT2D eigenvalue weighted by molar-refractivity contribution is 6.12. The Labute approximate surface area is 168 Å². The first-order valence-electron chi connectivity index (χ1n) is 9.21. The van der Waals surface area contributed by atoms with Crippen molar-refractivity contribution in [3.8, 4) is 0 Å². The minimum Gasteiger partial charge on any atom is -0.466 e. The Kier molecular flexibility index (Phi) is 8.71. The normalized spacial score (nSPS) is 11.2. The lowest BCUT2D eigenvalue weighted by Crippen LogP contribution is -2.08. The van der Waals surface area contributed by atoms with Crippen LogP contribution in [-0.2, 0) is 21.0 Å². The van der Waals surface area contributed by atoms with E-state index < -0.39 is 11.5 Å². The zero-order valence-corrected chi connectivity index (χ0v) is 16.1. The Morgan fingerprint density at radius 2 is 2.10 bits per heavy atom. The van der Waals surface area contributed by atoms with Gasteiger partial charge in [0.25, 0.3) is 5.69 Å². The summed E-state index contributed by atoms with van der Waals surface area (Å²) in [6, 6.07) is 7.91. The number of hydrogen-bond acceptors (Lipinski definition) is 8. The third-order valence-electron chi connectivity index (χ3n) is 3.98. The molecule has 0 saturated heterocycles. The maximum atomic E-state index is 11.3. The van der Waals surface area contributed by atoms with Gasteiger partial charge in [-0.2, -0.15) is 0 Å². The van der Waals surface area contributed by atoms with E-state index in [1.54, 1.807) is 37.5 Å². The van der Waals surface area contributed by atoms with Crippen molar-refractivity contribution >= 4 is 17.4 Å². The summed E-state index contributed by atoms with van der Waals surface area (Å²) in [5.74, 6) is -0.241. The van der Waals surface area contributed by atoms with Crippen LogP contribution in [0.15, 0.2) is 47.9 Å². The van der Waals surface area contributed by atoms with Gasteiger partial charge < -0.3 is 14.7 Å². The maximum Gasteiger partial charge on any atom is 0.305 e. The molecule has 1 aromatic carbocycles. The number of aliphatic hydroxyl groups is 1. The number of aliphatic hydroxyl groups excluding tert-OH is 1. The molecule has 0 aliphatic heterocycles. The molecular formula is C20H23N3O6. The van der Waals surface area contributed by atoms with Gasteiger partial charge in [0, 0.05) is 36.0 Å². The van der Waals surface area contributed by atoms with Gasteiger partial charge >= 0.3 is 5.97 Å². The molecule has 0 bridgehead atoms. The number of unbranched alkanes of at least 4 members (excludes halogenated alkanes) is 1. The fraction of sp³-hybridized carbons (Fsp3) is 0.350. The third kappa shape index (κ3) is 6.65. The summed E-state index contributed by atoms with van der Waals surface area (Å²) < 4.78 is 4.87. The van der Waals surface area contributed by atoms with Gasteiger partial charge in [-0.3, -0.25) is 19.9 Å². The largest absolute Gasteiger partial charge is 0.466 e. The molecule has 0 fully saturated rings. The van der Waals surface area contributed by atoms with Gasteiger partial charge in [0.1, 0.15) is 12.3 Å². The molecule has 2 rings (SSSR count). The summed E-state index contributed by atoms with van der Waals surface area (Å²) in [6.07, 6.45) is 4.77. The molecule has 0 radical (unpaired) electrons. The van der Waals surface area contributed by atoms with Crippen molar-refractivity contribution in [1.82, 2.24) is 4.98 Å². The van der Waals surface area contributed by atoms with Crippen LogP contribution in [0.25, 0.3) is 0 Å². The van der Waals surface area contributed by atoms with E-state index in [1.807, 2.05) is 0 Å². The summed E-state index contributed by atoms with van der Waals surface area (Å²) in [7, 11) is 0. The van der Waals surface area contributed by atoms with Gasteiger partial charge in [0.05, 0.1) is 23.7 Å². The van der Waals surface area contributed by atoms with Crippen molar-refractivity contribution in [2.24, 2.45) is 5.16 Å². The molecule has 0 amide bonds. The van der Waals surface area contributed by atoms with Crippen LogP contribution in [0.1, 0.15) is 42.9 Å². The number of nitro groups is 1. The quantitative estimate of drug-likeness (QED) is 0.202. The number of carbonyl (C=O) groups excluding carboxylic acids is 1. The molecule has 9 heteroatoms. The minimum atomic E-state index is -0.545. The first-order valence-corrected chi connectivity index (χ1v) is 9.21. The predicted octanol–water partition coefficient (Wildman–Crippen LogP) is 2.98. The van der Waals surface area contributed by atoms with E-state index in [2.05, 4.69) is 10.1 Å². The van der Waals surface area contributed by atoms with Crippen LogP contribution in [0.2, 0.25) is 0 Å². The second-order valence-corrected chi connectivity index (χ2v) is 6.04. The standard InChI is InChI=1S/C20H23N3O6/c1-2-28-19(25)7-3-4-11-29-22-20(16-6-5-10-21-13-16)15-8-9-18(23(26)27)17(12-15)14-24/h5-6,8-10,12-13,24H,2-4,7,11,14H2,1H3. The van der Waals surface area contributed by atoms with E-state index in [1.165, 1.54) is 12.1 Å². The molecule has 9 nitrogen and oxygen atoms in total. The topological polar surface area (TPSA) is 124 Å². The van der Waals surface area contributed by atoms with Crippen LogP contribution in [0, 0.1) is 10.1 Å². The van der Waals surface area contributed by atoms with Crippen LogP contribution in [-0.4, -0.2) is 39.9 Å². The van der Waals surface area contributed by atoms with Gasteiger partial charge in [0.15, 0.2) is 0 Å². The number of esters is 1. The second-order valence-electron chi connectivity index (χ2n) is 6.04. The lowest BCUT2D eigenvalue weighted by Gasteiger charge is -2.09. The number of nitrogens with zero attached hydrogens (tertiary/aromatic N) is 3. The number of ether oxygens (including phenoxy) is 1. The Morgan fingerprint density at radius 1 is 1.28 bits per heavy atom. The lowest BCUT2D eigenvalue weighted by molar-refractivity contribution is -0.385. The summed E-state index contributed by atoms with van der Waals surface area (Å²) >= 11 is 0. The highest BCUT2D eigenvalue weighted by Crippen LogP contribution is 2.22. The zero-order chi connectivity index (χ0) is 21.1. The molecule has 0 aliphatic rings. The number of pyridine rings is 1. The number of rotatable bonds is 11. The molecule has 0 spiro atoms. The number of aromatic nitrogens is 1. The summed E-state index contributed by atoms with van der Waals surface area (Å²) in [5, 5.41) is 24.7. The number of benzene rings is 1. The van der Waals surface area contributed by atoms with E-state index >= 15 is 0 Å². The van der Waals surface area contributed by atoms with Crippen LogP contribution in [0.5, 0.6) is 0 Å². The molecule has 154 valence electrons. The van der Waals surface area contributed by atoms with Gasteiger partial charge in [0.2, 0.25) is 0 Å². The predicted molar refractivity (Wildman–Crippen MR) is 105 cm³/mol. The molecule has 0 aliphatic carbocycles. The lowest BCUT2D eigenvalue weighted by atomic mass is 10.0. The summed E-state index contributed by atoms with van der Waals surface area (Å²) in [6.45, 7) is 1.94. The van der Waals surface area contributed by atoms with Crippen molar-refractivity contribution in [1.29, 1.82) is 0 Å². The number of oxime groups is 1. The monoisotopic (exact) mass is 401 g/mol. The van der Waals surface area contributed by atoms with Crippen LogP contribution < -0.4 is 0 Å². The number of nitro benzene ring substituents is 1. The molecule has 1 N–H and O–H groups in total. The van der Waals surface area contributed by atoms with Crippen LogP contribution >= 0.6 is 0 Å². The van der Waals surface area contributed by atoms with Crippen molar-refractivity contribution in [3.63, 3.8) is 0 Å². The molecule has 0 saturated carbocycles. The molecule has 1 heterocycles. The molecule has 29 heavy (non-hydrogen) atoms. The molecule has 0 unspecified atom stereocenters. The van der Waals surface area contributed by atoms with E-state index in [0.717, 1.165) is 0 Å². The SMILES string of the molecule is CCOC(=O)CCCCON=C(c1cccnc1)c1ccc([N+](=O)[O-])c(CO)c1. The smallest absolute Gasteiger partial charge is 0.305 e. The fourth-order valence-electron chi connectivity index (χ4n) is 2.59. The number of carbonyl (C=O) groups is 1. The Bertz CT molecular complexity index is 855. The van der Waals surface area contributed by atoms with E-state index in [4.69, 9.17) is 9.57 Å². The van der Waals surface area contributed by atoms with Crippen LogP contribution in [0.4, 0.5) is 5.69 Å². The average molecular weight is 401 g/mol. The highest BCUT2D eigenvalue weighted by atomic mass is 16.6.